The fourth-order valence-electron chi connectivity index (χ4n) is 2.62. The minimum Gasteiger partial charge on any atom is -0.497 e. The van der Waals surface area contributed by atoms with E-state index in [1.165, 1.54) is 18.4 Å². The maximum atomic E-state index is 12.4. The Hall–Kier alpha value is -2.61. The average molecular weight is 347 g/mol. The Balaban J connectivity index is 1.76. The lowest BCUT2D eigenvalue weighted by Gasteiger charge is -2.20. The second-order valence-electron chi connectivity index (χ2n) is 5.27. The Labute approximate surface area is 143 Å². The summed E-state index contributed by atoms with van der Waals surface area (Å²) in [6.45, 7) is 0.304. The smallest absolute Gasteiger partial charge is 0.231 e. The number of nitrogens with zero attached hydrogens (tertiary/aromatic N) is 2. The lowest BCUT2D eigenvalue weighted by Crippen LogP contribution is -2.28. The largest absolute Gasteiger partial charge is 0.497 e. The zero-order chi connectivity index (χ0) is 17.1. The van der Waals surface area contributed by atoms with Crippen molar-refractivity contribution < 1.29 is 19.1 Å². The van der Waals surface area contributed by atoms with E-state index < -0.39 is 5.92 Å². The van der Waals surface area contributed by atoms with E-state index in [0.29, 0.717) is 28.9 Å². The van der Waals surface area contributed by atoms with Gasteiger partial charge in [-0.15, -0.1) is 11.3 Å². The van der Waals surface area contributed by atoms with Crippen LogP contribution in [0.2, 0.25) is 0 Å². The molecular weight excluding hydrogens is 330 g/mol. The molecule has 1 aliphatic rings. The van der Waals surface area contributed by atoms with Crippen LogP contribution in [0, 0.1) is 5.92 Å². The molecule has 1 aromatic carbocycles. The molecule has 24 heavy (non-hydrogen) atoms. The highest BCUT2D eigenvalue weighted by Crippen LogP contribution is 2.36. The molecule has 0 aliphatic carbocycles. The van der Waals surface area contributed by atoms with Crippen molar-refractivity contribution >= 4 is 34.0 Å². The van der Waals surface area contributed by atoms with Gasteiger partial charge in [0.15, 0.2) is 5.13 Å². The van der Waals surface area contributed by atoms with Gasteiger partial charge in [-0.25, -0.2) is 4.98 Å². The third-order valence-corrected chi connectivity index (χ3v) is 4.52. The Bertz CT molecular complexity index is 748. The van der Waals surface area contributed by atoms with E-state index >= 15 is 0 Å². The second kappa shape index (κ2) is 6.88. The molecule has 1 N–H and O–H groups in total. The number of benzene rings is 1. The van der Waals surface area contributed by atoms with Crippen molar-refractivity contribution in [2.75, 3.05) is 31.0 Å². The van der Waals surface area contributed by atoms with Crippen molar-refractivity contribution in [3.63, 3.8) is 0 Å². The molecule has 8 heteroatoms. The second-order valence-corrected chi connectivity index (χ2v) is 6.16. The van der Waals surface area contributed by atoms with Gasteiger partial charge in [0.25, 0.3) is 0 Å². The van der Waals surface area contributed by atoms with Gasteiger partial charge in [-0.1, -0.05) is 0 Å². The maximum Gasteiger partial charge on any atom is 0.231 e. The first-order valence-corrected chi connectivity index (χ1v) is 8.23. The fourth-order valence-corrected chi connectivity index (χ4v) is 3.15. The van der Waals surface area contributed by atoms with E-state index in [9.17, 15) is 9.59 Å². The summed E-state index contributed by atoms with van der Waals surface area (Å²) in [5.74, 6) is 0.434. The molecule has 2 aromatic rings. The van der Waals surface area contributed by atoms with Crippen LogP contribution >= 0.6 is 11.3 Å². The molecule has 0 unspecified atom stereocenters. The number of nitrogens with one attached hydrogen (secondary N) is 1. The van der Waals surface area contributed by atoms with Crippen molar-refractivity contribution in [1.29, 1.82) is 0 Å². The summed E-state index contributed by atoms with van der Waals surface area (Å²) in [7, 11) is 3.10. The lowest BCUT2D eigenvalue weighted by atomic mass is 10.1. The molecule has 2 heterocycles. The third-order valence-electron chi connectivity index (χ3n) is 3.84. The molecule has 3 rings (SSSR count). The molecule has 1 fully saturated rings. The van der Waals surface area contributed by atoms with Crippen LogP contribution in [0.3, 0.4) is 0 Å². The zero-order valence-electron chi connectivity index (χ0n) is 13.3. The molecule has 0 spiro atoms. The number of carbonyl (C=O) groups excluding carboxylic acids is 2. The van der Waals surface area contributed by atoms with Crippen LogP contribution in [0.4, 0.5) is 10.8 Å². The highest BCUT2D eigenvalue weighted by molar-refractivity contribution is 7.13. The average Bonchev–Trinajstić information content (AvgIpc) is 3.23. The Morgan fingerprint density at radius 2 is 2.21 bits per heavy atom. The summed E-state index contributed by atoms with van der Waals surface area (Å²) in [5, 5.41) is 5.06. The minimum absolute atomic E-state index is 0.113. The number of methoxy groups -OCH3 is 2. The summed E-state index contributed by atoms with van der Waals surface area (Å²) < 4.78 is 10.5. The first-order valence-electron chi connectivity index (χ1n) is 7.35. The van der Waals surface area contributed by atoms with Gasteiger partial charge in [0, 0.05) is 30.6 Å². The van der Waals surface area contributed by atoms with Crippen LogP contribution in [0.5, 0.6) is 11.5 Å². The molecule has 0 saturated carbocycles. The first kappa shape index (κ1) is 16.3. The number of aromatic nitrogens is 1. The monoisotopic (exact) mass is 347 g/mol. The van der Waals surface area contributed by atoms with E-state index in [-0.39, 0.29) is 18.2 Å². The standard InChI is InChI=1S/C16H17N3O4S/c1-22-11-3-4-12(13(8-11)23-2)19-9-10(7-14(19)20)15(21)18-16-17-5-6-24-16/h3-6,8,10H,7,9H2,1-2H3,(H,17,18,21)/t10-/m0/s1. The summed E-state index contributed by atoms with van der Waals surface area (Å²) in [6, 6.07) is 5.23. The van der Waals surface area contributed by atoms with Crippen molar-refractivity contribution in [3.05, 3.63) is 29.8 Å². The number of carbonyl (C=O) groups is 2. The molecule has 1 aliphatic heterocycles. The van der Waals surface area contributed by atoms with Gasteiger partial charge in [-0.2, -0.15) is 0 Å². The Morgan fingerprint density at radius 1 is 1.38 bits per heavy atom. The van der Waals surface area contributed by atoms with Crippen molar-refractivity contribution in [2.45, 2.75) is 6.42 Å². The van der Waals surface area contributed by atoms with Crippen molar-refractivity contribution in [1.82, 2.24) is 4.98 Å². The first-order chi connectivity index (χ1) is 11.6. The van der Waals surface area contributed by atoms with E-state index in [1.54, 1.807) is 41.8 Å². The minimum atomic E-state index is -0.423. The molecule has 0 radical (unpaired) electrons. The van der Waals surface area contributed by atoms with Crippen LogP contribution in [-0.4, -0.2) is 37.6 Å². The number of ether oxygens (including phenoxy) is 2. The van der Waals surface area contributed by atoms with Gasteiger partial charge in [0.2, 0.25) is 11.8 Å². The SMILES string of the molecule is COc1ccc(N2C[C@@H](C(=O)Nc3nccs3)CC2=O)c(OC)c1. The van der Waals surface area contributed by atoms with Crippen molar-refractivity contribution in [2.24, 2.45) is 5.92 Å². The normalized spacial score (nSPS) is 17.0. The van der Waals surface area contributed by atoms with E-state index in [1.807, 2.05) is 0 Å². The van der Waals surface area contributed by atoms with Gasteiger partial charge in [-0.05, 0) is 12.1 Å². The molecule has 2 amide bonds. The molecule has 0 bridgehead atoms. The molecule has 1 saturated heterocycles. The maximum absolute atomic E-state index is 12.4. The number of anilines is 2. The van der Waals surface area contributed by atoms with Crippen LogP contribution in [0.25, 0.3) is 0 Å². The van der Waals surface area contributed by atoms with E-state index in [4.69, 9.17) is 9.47 Å². The predicted octanol–water partition coefficient (Wildman–Crippen LogP) is 2.15. The van der Waals surface area contributed by atoms with Gasteiger partial charge in [0.1, 0.15) is 11.5 Å². The van der Waals surface area contributed by atoms with Gasteiger partial charge >= 0.3 is 0 Å². The van der Waals surface area contributed by atoms with Gasteiger partial charge < -0.3 is 19.7 Å². The van der Waals surface area contributed by atoms with Crippen LogP contribution in [-0.2, 0) is 9.59 Å². The third kappa shape index (κ3) is 3.18. The van der Waals surface area contributed by atoms with Crippen LogP contribution in [0.1, 0.15) is 6.42 Å². The summed E-state index contributed by atoms with van der Waals surface area (Å²) >= 11 is 1.34. The summed E-state index contributed by atoms with van der Waals surface area (Å²) in [4.78, 5) is 30.3. The molecule has 126 valence electrons. The summed E-state index contributed by atoms with van der Waals surface area (Å²) in [6.07, 6.45) is 1.78. The highest BCUT2D eigenvalue weighted by atomic mass is 32.1. The van der Waals surface area contributed by atoms with E-state index in [2.05, 4.69) is 10.3 Å². The fraction of sp³-hybridized carbons (Fsp3) is 0.312. The number of amides is 2. The molecule has 1 aromatic heterocycles. The quantitative estimate of drug-likeness (QED) is 0.896. The van der Waals surface area contributed by atoms with Crippen molar-refractivity contribution in [3.8, 4) is 11.5 Å². The number of thiazole rings is 1. The Kier molecular flexibility index (Phi) is 4.66. The predicted molar refractivity (Wildman–Crippen MR) is 90.7 cm³/mol. The van der Waals surface area contributed by atoms with Gasteiger partial charge in [0.05, 0.1) is 25.8 Å². The van der Waals surface area contributed by atoms with Gasteiger partial charge in [-0.3, -0.25) is 9.59 Å². The number of hydrogen-bond acceptors (Lipinski definition) is 6. The number of rotatable bonds is 5. The Morgan fingerprint density at radius 3 is 2.88 bits per heavy atom. The zero-order valence-corrected chi connectivity index (χ0v) is 14.1. The number of hydrogen-bond donors (Lipinski definition) is 1. The van der Waals surface area contributed by atoms with E-state index in [0.717, 1.165) is 0 Å². The topological polar surface area (TPSA) is 80.8 Å². The highest BCUT2D eigenvalue weighted by Gasteiger charge is 2.36. The molecule has 7 nitrogen and oxygen atoms in total. The van der Waals surface area contributed by atoms with Crippen LogP contribution in [0.15, 0.2) is 29.8 Å². The molecular formula is C16H17N3O4S. The lowest BCUT2D eigenvalue weighted by molar-refractivity contribution is -0.122. The summed E-state index contributed by atoms with van der Waals surface area (Å²) in [5.41, 5.74) is 0.632. The molecule has 1 atom stereocenters. The van der Waals surface area contributed by atoms with Crippen LogP contribution < -0.4 is 19.7 Å².